The van der Waals surface area contributed by atoms with Crippen LogP contribution in [0.2, 0.25) is 0 Å². The summed E-state index contributed by atoms with van der Waals surface area (Å²) in [6.45, 7) is 7.93. The van der Waals surface area contributed by atoms with Crippen LogP contribution in [0.5, 0.6) is 0 Å². The van der Waals surface area contributed by atoms with E-state index < -0.39 is 5.60 Å². The zero-order chi connectivity index (χ0) is 13.0. The molecule has 1 atom stereocenters. The number of aliphatic hydroxyl groups is 1. The van der Waals surface area contributed by atoms with Gasteiger partial charge in [0.15, 0.2) is 0 Å². The van der Waals surface area contributed by atoms with Crippen molar-refractivity contribution in [3.05, 3.63) is 0 Å². The molecule has 104 valence electrons. The zero-order valence-corrected chi connectivity index (χ0v) is 12.2. The Labute approximate surface area is 108 Å². The summed E-state index contributed by atoms with van der Waals surface area (Å²) in [5, 5.41) is 13.3. The molecule has 2 N–H and O–H groups in total. The minimum absolute atomic E-state index is 0.516. The Morgan fingerprint density at radius 3 is 1.94 bits per heavy atom. The quantitative estimate of drug-likeness (QED) is 0.510. The van der Waals surface area contributed by atoms with E-state index in [9.17, 15) is 5.11 Å². The molecule has 0 aromatic rings. The Hall–Kier alpha value is -0.0800. The monoisotopic (exact) mass is 243 g/mol. The highest BCUT2D eigenvalue weighted by atomic mass is 16.3. The summed E-state index contributed by atoms with van der Waals surface area (Å²) < 4.78 is 0. The van der Waals surface area contributed by atoms with E-state index in [4.69, 9.17) is 0 Å². The predicted octanol–water partition coefficient (Wildman–Crippen LogP) is 3.88. The van der Waals surface area contributed by atoms with Gasteiger partial charge >= 0.3 is 0 Å². The first kappa shape index (κ1) is 16.9. The fourth-order valence-electron chi connectivity index (χ4n) is 2.12. The van der Waals surface area contributed by atoms with Gasteiger partial charge in [-0.1, -0.05) is 65.2 Å². The molecule has 2 nitrogen and oxygen atoms in total. The summed E-state index contributed by atoms with van der Waals surface area (Å²) in [4.78, 5) is 0. The first-order valence-corrected chi connectivity index (χ1v) is 7.55. The molecule has 1 unspecified atom stereocenters. The van der Waals surface area contributed by atoms with Gasteiger partial charge in [0.25, 0.3) is 0 Å². The van der Waals surface area contributed by atoms with Crippen molar-refractivity contribution in [1.82, 2.24) is 5.32 Å². The second-order valence-electron chi connectivity index (χ2n) is 5.50. The summed E-state index contributed by atoms with van der Waals surface area (Å²) in [5.74, 6) is 0. The molecule has 0 spiro atoms. The van der Waals surface area contributed by atoms with Crippen LogP contribution in [0, 0.1) is 0 Å². The van der Waals surface area contributed by atoms with Crippen molar-refractivity contribution in [1.29, 1.82) is 0 Å². The lowest BCUT2D eigenvalue weighted by atomic mass is 9.97. The second kappa shape index (κ2) is 11.0. The molecular weight excluding hydrogens is 210 g/mol. The Morgan fingerprint density at radius 1 is 0.882 bits per heavy atom. The molecule has 0 aromatic carbocycles. The maximum absolute atomic E-state index is 10.1. The van der Waals surface area contributed by atoms with Crippen molar-refractivity contribution in [3.63, 3.8) is 0 Å². The van der Waals surface area contributed by atoms with Gasteiger partial charge in [0.2, 0.25) is 0 Å². The Kier molecular flexibility index (Phi) is 11.0. The number of hydrogen-bond acceptors (Lipinski definition) is 2. The number of likely N-dealkylation sites (N-methyl/N-ethyl adjacent to an activating group) is 1. The van der Waals surface area contributed by atoms with E-state index in [1.807, 2.05) is 6.92 Å². The third kappa shape index (κ3) is 12.2. The maximum Gasteiger partial charge on any atom is 0.0743 e. The van der Waals surface area contributed by atoms with Crippen molar-refractivity contribution in [2.24, 2.45) is 0 Å². The molecule has 0 aliphatic heterocycles. The smallest absolute Gasteiger partial charge is 0.0743 e. The molecular formula is C15H33NO. The van der Waals surface area contributed by atoms with Gasteiger partial charge in [0.1, 0.15) is 0 Å². The third-order valence-electron chi connectivity index (χ3n) is 3.32. The second-order valence-corrected chi connectivity index (χ2v) is 5.50. The minimum atomic E-state index is -0.516. The highest BCUT2D eigenvalue weighted by Crippen LogP contribution is 2.15. The highest BCUT2D eigenvalue weighted by molar-refractivity contribution is 4.74. The SMILES string of the molecule is CCCCCCCCCCC(C)(O)CNCC. The number of nitrogens with one attached hydrogen (secondary N) is 1. The van der Waals surface area contributed by atoms with E-state index >= 15 is 0 Å². The fourth-order valence-corrected chi connectivity index (χ4v) is 2.12. The van der Waals surface area contributed by atoms with Crippen LogP contribution >= 0.6 is 0 Å². The largest absolute Gasteiger partial charge is 0.389 e. The summed E-state index contributed by atoms with van der Waals surface area (Å²) in [6.07, 6.45) is 11.6. The molecule has 0 heterocycles. The molecule has 0 aromatic heterocycles. The molecule has 17 heavy (non-hydrogen) atoms. The Bertz CT molecular complexity index is 157. The minimum Gasteiger partial charge on any atom is -0.389 e. The molecule has 0 fully saturated rings. The topological polar surface area (TPSA) is 32.3 Å². The zero-order valence-electron chi connectivity index (χ0n) is 12.2. The van der Waals surface area contributed by atoms with Crippen molar-refractivity contribution in [2.75, 3.05) is 13.1 Å². The number of rotatable bonds is 12. The average Bonchev–Trinajstić information content (AvgIpc) is 2.30. The van der Waals surface area contributed by atoms with Crippen LogP contribution in [0.3, 0.4) is 0 Å². The summed E-state index contributed by atoms with van der Waals surface area (Å²) >= 11 is 0. The van der Waals surface area contributed by atoms with Gasteiger partial charge in [-0.25, -0.2) is 0 Å². The van der Waals surface area contributed by atoms with Crippen LogP contribution in [0.15, 0.2) is 0 Å². The molecule has 2 heteroatoms. The molecule has 0 bridgehead atoms. The lowest BCUT2D eigenvalue weighted by Crippen LogP contribution is -2.37. The molecule has 0 aliphatic rings. The van der Waals surface area contributed by atoms with Gasteiger partial charge in [-0.3, -0.25) is 0 Å². The molecule has 0 saturated heterocycles. The summed E-state index contributed by atoms with van der Waals surface area (Å²) in [7, 11) is 0. The first-order chi connectivity index (χ1) is 8.12. The van der Waals surface area contributed by atoms with Crippen LogP contribution in [0.25, 0.3) is 0 Å². The van der Waals surface area contributed by atoms with E-state index in [0.29, 0.717) is 0 Å². The summed E-state index contributed by atoms with van der Waals surface area (Å²) in [6, 6.07) is 0. The van der Waals surface area contributed by atoms with Crippen LogP contribution in [0.4, 0.5) is 0 Å². The predicted molar refractivity (Wildman–Crippen MR) is 76.4 cm³/mol. The lowest BCUT2D eigenvalue weighted by Gasteiger charge is -2.23. The van der Waals surface area contributed by atoms with E-state index in [1.165, 1.54) is 44.9 Å². The molecule has 0 amide bonds. The maximum atomic E-state index is 10.1. The summed E-state index contributed by atoms with van der Waals surface area (Å²) in [5.41, 5.74) is -0.516. The van der Waals surface area contributed by atoms with Gasteiger partial charge < -0.3 is 10.4 Å². The Balaban J connectivity index is 3.26. The van der Waals surface area contributed by atoms with Crippen molar-refractivity contribution in [3.8, 4) is 0 Å². The van der Waals surface area contributed by atoms with E-state index in [0.717, 1.165) is 25.9 Å². The van der Waals surface area contributed by atoms with E-state index in [2.05, 4.69) is 19.2 Å². The average molecular weight is 243 g/mol. The van der Waals surface area contributed by atoms with Crippen molar-refractivity contribution in [2.45, 2.75) is 84.2 Å². The van der Waals surface area contributed by atoms with Crippen LogP contribution < -0.4 is 5.32 Å². The number of hydrogen-bond donors (Lipinski definition) is 2. The van der Waals surface area contributed by atoms with Crippen molar-refractivity contribution >= 4 is 0 Å². The lowest BCUT2D eigenvalue weighted by molar-refractivity contribution is 0.0486. The highest BCUT2D eigenvalue weighted by Gasteiger charge is 2.18. The van der Waals surface area contributed by atoms with Gasteiger partial charge in [-0.2, -0.15) is 0 Å². The van der Waals surface area contributed by atoms with Crippen LogP contribution in [-0.2, 0) is 0 Å². The van der Waals surface area contributed by atoms with Gasteiger partial charge in [0.05, 0.1) is 5.60 Å². The normalized spacial score (nSPS) is 14.8. The third-order valence-corrected chi connectivity index (χ3v) is 3.32. The first-order valence-electron chi connectivity index (χ1n) is 7.55. The van der Waals surface area contributed by atoms with Gasteiger partial charge in [-0.15, -0.1) is 0 Å². The van der Waals surface area contributed by atoms with E-state index in [-0.39, 0.29) is 0 Å². The van der Waals surface area contributed by atoms with Crippen LogP contribution in [-0.4, -0.2) is 23.8 Å². The van der Waals surface area contributed by atoms with E-state index in [1.54, 1.807) is 0 Å². The van der Waals surface area contributed by atoms with Crippen molar-refractivity contribution < 1.29 is 5.11 Å². The van der Waals surface area contributed by atoms with Gasteiger partial charge in [0, 0.05) is 6.54 Å². The number of unbranched alkanes of at least 4 members (excludes halogenated alkanes) is 7. The molecule has 0 aliphatic carbocycles. The molecule has 0 rings (SSSR count). The fraction of sp³-hybridized carbons (Fsp3) is 1.00. The molecule has 0 saturated carbocycles. The van der Waals surface area contributed by atoms with Gasteiger partial charge in [-0.05, 0) is 19.9 Å². The molecule has 0 radical (unpaired) electrons. The standard InChI is InChI=1S/C15H33NO/c1-4-6-7-8-9-10-11-12-13-15(3,17)14-16-5-2/h16-17H,4-14H2,1-3H3. The Morgan fingerprint density at radius 2 is 1.41 bits per heavy atom. The van der Waals surface area contributed by atoms with Crippen LogP contribution in [0.1, 0.15) is 78.6 Å².